The molecule has 0 saturated carbocycles. The van der Waals surface area contributed by atoms with Crippen molar-refractivity contribution < 1.29 is 33.4 Å². The molecule has 3 heterocycles. The van der Waals surface area contributed by atoms with Gasteiger partial charge in [0.05, 0.1) is 17.0 Å². The molecule has 1 N–H and O–H groups in total. The lowest BCUT2D eigenvalue weighted by Crippen LogP contribution is -2.27. The second kappa shape index (κ2) is 8.34. The maximum atomic E-state index is 12.9. The number of hydrogen-bond donors (Lipinski definition) is 1. The van der Waals surface area contributed by atoms with Crippen LogP contribution in [-0.2, 0) is 11.3 Å². The Hall–Kier alpha value is -3.69. The van der Waals surface area contributed by atoms with Gasteiger partial charge in [-0.05, 0) is 47.7 Å². The van der Waals surface area contributed by atoms with E-state index in [1.54, 1.807) is 36.4 Å². The summed E-state index contributed by atoms with van der Waals surface area (Å²) in [7, 11) is 0. The largest absolute Gasteiger partial charge is 0.478 e. The SMILES string of the molecule is O=C(O)c1cccc(-c2ccc(/C=C3/SC(=O)N(Cc4cc5c(cc4Cl)OCO5)C3=O)o2)c1. The van der Waals surface area contributed by atoms with Crippen molar-refractivity contribution in [1.82, 2.24) is 4.90 Å². The molecule has 0 aliphatic carbocycles. The first-order chi connectivity index (χ1) is 15.9. The molecule has 0 radical (unpaired) electrons. The number of carbonyl (C=O) groups excluding carboxylic acids is 2. The van der Waals surface area contributed by atoms with Crippen LogP contribution in [-0.4, -0.2) is 33.9 Å². The molecule has 3 aromatic rings. The molecule has 1 fully saturated rings. The van der Waals surface area contributed by atoms with Crippen molar-refractivity contribution >= 4 is 46.6 Å². The summed E-state index contributed by atoms with van der Waals surface area (Å²) in [5, 5.41) is 9.09. The Kier molecular flexibility index (Phi) is 5.35. The van der Waals surface area contributed by atoms with Gasteiger partial charge >= 0.3 is 5.97 Å². The van der Waals surface area contributed by atoms with E-state index < -0.39 is 17.1 Å². The zero-order valence-corrected chi connectivity index (χ0v) is 18.3. The second-order valence-corrected chi connectivity index (χ2v) is 8.55. The van der Waals surface area contributed by atoms with Gasteiger partial charge in [0.15, 0.2) is 11.5 Å². The fourth-order valence-corrected chi connectivity index (χ4v) is 4.44. The van der Waals surface area contributed by atoms with E-state index in [1.165, 1.54) is 18.2 Å². The number of carbonyl (C=O) groups is 3. The van der Waals surface area contributed by atoms with Crippen LogP contribution in [0.5, 0.6) is 11.5 Å². The van der Waals surface area contributed by atoms with E-state index in [2.05, 4.69) is 0 Å². The van der Waals surface area contributed by atoms with Gasteiger partial charge < -0.3 is 19.0 Å². The third kappa shape index (κ3) is 4.08. The van der Waals surface area contributed by atoms with Crippen LogP contribution in [0, 0.1) is 0 Å². The van der Waals surface area contributed by atoms with E-state index >= 15 is 0 Å². The van der Waals surface area contributed by atoms with Gasteiger partial charge in [-0.3, -0.25) is 14.5 Å². The average molecular weight is 484 g/mol. The monoisotopic (exact) mass is 483 g/mol. The molecule has 166 valence electrons. The molecular weight excluding hydrogens is 470 g/mol. The maximum absolute atomic E-state index is 12.9. The van der Waals surface area contributed by atoms with Crippen LogP contribution in [0.2, 0.25) is 5.02 Å². The van der Waals surface area contributed by atoms with Gasteiger partial charge in [0.1, 0.15) is 11.5 Å². The Labute approximate surface area is 196 Å². The summed E-state index contributed by atoms with van der Waals surface area (Å²) in [6.07, 6.45) is 1.48. The van der Waals surface area contributed by atoms with Crippen LogP contribution in [0.3, 0.4) is 0 Å². The number of ether oxygens (including phenoxy) is 2. The molecular formula is C23H14ClNO7S. The number of amides is 2. The highest BCUT2D eigenvalue weighted by atomic mass is 35.5. The minimum Gasteiger partial charge on any atom is -0.478 e. The Bertz CT molecular complexity index is 1350. The molecule has 2 amide bonds. The first kappa shape index (κ1) is 21.2. The average Bonchev–Trinajstić information content (AvgIpc) is 3.51. The number of halogens is 1. The van der Waals surface area contributed by atoms with Crippen molar-refractivity contribution in [2.24, 2.45) is 0 Å². The molecule has 1 saturated heterocycles. The Morgan fingerprint density at radius 2 is 1.91 bits per heavy atom. The molecule has 0 spiro atoms. The molecule has 1 aromatic heterocycles. The number of carboxylic acids is 1. The molecule has 2 aliphatic heterocycles. The standard InChI is InChI=1S/C23H14ClNO7S/c24-16-9-19-18(30-11-31-19)7-14(16)10-25-21(26)20(33-23(25)29)8-15-4-5-17(32-15)12-2-1-3-13(6-12)22(27)28/h1-9H,10-11H2,(H,27,28)/b20-8+. The first-order valence-electron chi connectivity index (χ1n) is 9.66. The zero-order chi connectivity index (χ0) is 23.1. The van der Waals surface area contributed by atoms with Crippen molar-refractivity contribution in [3.63, 3.8) is 0 Å². The summed E-state index contributed by atoms with van der Waals surface area (Å²) in [4.78, 5) is 37.9. The van der Waals surface area contributed by atoms with Gasteiger partial charge in [-0.1, -0.05) is 23.7 Å². The van der Waals surface area contributed by atoms with Gasteiger partial charge in [-0.15, -0.1) is 0 Å². The highest BCUT2D eigenvalue weighted by Gasteiger charge is 2.36. The molecule has 0 unspecified atom stereocenters. The second-order valence-electron chi connectivity index (χ2n) is 7.15. The van der Waals surface area contributed by atoms with Crippen LogP contribution in [0.1, 0.15) is 21.7 Å². The van der Waals surface area contributed by atoms with Crippen LogP contribution in [0.15, 0.2) is 57.9 Å². The van der Waals surface area contributed by atoms with E-state index in [9.17, 15) is 14.4 Å². The molecule has 10 heteroatoms. The molecule has 2 aliphatic rings. The van der Waals surface area contributed by atoms with Gasteiger partial charge in [0, 0.05) is 22.7 Å². The third-order valence-corrected chi connectivity index (χ3v) is 6.30. The number of aromatic carboxylic acids is 1. The Morgan fingerprint density at radius 1 is 1.12 bits per heavy atom. The topological polar surface area (TPSA) is 106 Å². The molecule has 33 heavy (non-hydrogen) atoms. The Morgan fingerprint density at radius 3 is 2.70 bits per heavy atom. The molecule has 2 aromatic carbocycles. The van der Waals surface area contributed by atoms with Crippen LogP contribution < -0.4 is 9.47 Å². The van der Waals surface area contributed by atoms with E-state index in [1.807, 2.05) is 0 Å². The first-order valence-corrected chi connectivity index (χ1v) is 10.9. The van der Waals surface area contributed by atoms with Gasteiger partial charge in [0.25, 0.3) is 11.1 Å². The predicted octanol–water partition coefficient (Wildman–Crippen LogP) is 5.26. The highest BCUT2D eigenvalue weighted by Crippen LogP contribution is 2.39. The summed E-state index contributed by atoms with van der Waals surface area (Å²) >= 11 is 7.08. The van der Waals surface area contributed by atoms with Crippen LogP contribution >= 0.6 is 23.4 Å². The van der Waals surface area contributed by atoms with E-state index in [0.717, 1.165) is 16.7 Å². The number of imide groups is 1. The van der Waals surface area contributed by atoms with Crippen molar-refractivity contribution in [2.75, 3.05) is 6.79 Å². The highest BCUT2D eigenvalue weighted by molar-refractivity contribution is 8.18. The lowest BCUT2D eigenvalue weighted by atomic mass is 10.1. The number of fused-ring (bicyclic) bond motifs is 1. The normalized spacial score (nSPS) is 16.2. The summed E-state index contributed by atoms with van der Waals surface area (Å²) in [5.41, 5.74) is 1.27. The van der Waals surface area contributed by atoms with Crippen molar-refractivity contribution in [2.45, 2.75) is 6.54 Å². The molecule has 8 nitrogen and oxygen atoms in total. The lowest BCUT2D eigenvalue weighted by Gasteiger charge is -2.14. The zero-order valence-electron chi connectivity index (χ0n) is 16.7. The van der Waals surface area contributed by atoms with E-state index in [0.29, 0.717) is 39.2 Å². The van der Waals surface area contributed by atoms with Gasteiger partial charge in [-0.2, -0.15) is 0 Å². The number of hydrogen-bond acceptors (Lipinski definition) is 7. The minimum absolute atomic E-state index is 0.0110. The number of carboxylic acid groups (broad SMARTS) is 1. The molecule has 0 atom stereocenters. The minimum atomic E-state index is -1.04. The number of furan rings is 1. The Balaban J connectivity index is 1.36. The quantitative estimate of drug-likeness (QED) is 0.489. The summed E-state index contributed by atoms with van der Waals surface area (Å²) in [5.74, 6) is 0.310. The molecule has 5 rings (SSSR count). The van der Waals surface area contributed by atoms with Crippen LogP contribution in [0.4, 0.5) is 4.79 Å². The van der Waals surface area contributed by atoms with Gasteiger partial charge in [-0.25, -0.2) is 4.79 Å². The van der Waals surface area contributed by atoms with Crippen molar-refractivity contribution in [3.05, 3.63) is 75.3 Å². The summed E-state index contributed by atoms with van der Waals surface area (Å²) in [6.45, 7) is 0.0774. The smallest absolute Gasteiger partial charge is 0.335 e. The van der Waals surface area contributed by atoms with Crippen molar-refractivity contribution in [3.8, 4) is 22.8 Å². The lowest BCUT2D eigenvalue weighted by molar-refractivity contribution is -0.123. The fourth-order valence-electron chi connectivity index (χ4n) is 3.41. The number of nitrogens with zero attached hydrogens (tertiary/aromatic N) is 1. The number of benzene rings is 2. The maximum Gasteiger partial charge on any atom is 0.335 e. The fraction of sp³-hybridized carbons (Fsp3) is 0.0870. The third-order valence-electron chi connectivity index (χ3n) is 5.04. The summed E-state index contributed by atoms with van der Waals surface area (Å²) < 4.78 is 16.4. The molecule has 0 bridgehead atoms. The van der Waals surface area contributed by atoms with Gasteiger partial charge in [0.2, 0.25) is 6.79 Å². The van der Waals surface area contributed by atoms with E-state index in [-0.39, 0.29) is 23.8 Å². The van der Waals surface area contributed by atoms with E-state index in [4.69, 9.17) is 30.6 Å². The predicted molar refractivity (Wildman–Crippen MR) is 120 cm³/mol. The summed E-state index contributed by atoms with van der Waals surface area (Å²) in [6, 6.07) is 12.9. The van der Waals surface area contributed by atoms with Crippen molar-refractivity contribution in [1.29, 1.82) is 0 Å². The number of rotatable bonds is 5. The van der Waals surface area contributed by atoms with Crippen LogP contribution in [0.25, 0.3) is 17.4 Å². The number of thioether (sulfide) groups is 1.